The summed E-state index contributed by atoms with van der Waals surface area (Å²) in [6, 6.07) is 0.539. The molecular formula is C13H22N4OS. The van der Waals surface area contributed by atoms with Gasteiger partial charge >= 0.3 is 0 Å². The van der Waals surface area contributed by atoms with Crippen LogP contribution < -0.4 is 5.73 Å². The molecule has 0 amide bonds. The monoisotopic (exact) mass is 282 g/mol. The lowest BCUT2D eigenvalue weighted by atomic mass is 9.86. The standard InChI is InChI=1S/C13H22N4OS/c14-8-11-15-16-12(17(11)10-4-5-10)19-9-13(18)6-2-1-3-7-13/h10,18H,1-9,14H2. The molecule has 0 bridgehead atoms. The van der Waals surface area contributed by atoms with Gasteiger partial charge in [-0.25, -0.2) is 0 Å². The van der Waals surface area contributed by atoms with Gasteiger partial charge in [0.1, 0.15) is 5.82 Å². The Morgan fingerprint density at radius 2 is 2.00 bits per heavy atom. The van der Waals surface area contributed by atoms with E-state index < -0.39 is 5.60 Å². The normalized spacial score (nSPS) is 22.6. The van der Waals surface area contributed by atoms with Crippen LogP contribution in [0.3, 0.4) is 0 Å². The first kappa shape index (κ1) is 13.4. The Hall–Kier alpha value is -0.590. The number of nitrogens with two attached hydrogens (primary N) is 1. The summed E-state index contributed by atoms with van der Waals surface area (Å²) in [6.07, 6.45) is 7.76. The first-order chi connectivity index (χ1) is 9.22. The lowest BCUT2D eigenvalue weighted by Gasteiger charge is -2.31. The molecule has 0 aromatic carbocycles. The van der Waals surface area contributed by atoms with Crippen LogP contribution >= 0.6 is 11.8 Å². The van der Waals surface area contributed by atoms with E-state index in [1.54, 1.807) is 11.8 Å². The van der Waals surface area contributed by atoms with Gasteiger partial charge in [-0.2, -0.15) is 0 Å². The maximum atomic E-state index is 10.5. The summed E-state index contributed by atoms with van der Waals surface area (Å²) in [5.41, 5.74) is 5.20. The summed E-state index contributed by atoms with van der Waals surface area (Å²) in [5, 5.41) is 19.9. The third-order valence-electron chi connectivity index (χ3n) is 4.08. The molecule has 0 unspecified atom stereocenters. The van der Waals surface area contributed by atoms with Gasteiger partial charge in [0, 0.05) is 11.8 Å². The van der Waals surface area contributed by atoms with Crippen LogP contribution in [0, 0.1) is 0 Å². The van der Waals surface area contributed by atoms with E-state index in [0.29, 0.717) is 12.6 Å². The van der Waals surface area contributed by atoms with E-state index in [1.165, 1.54) is 19.3 Å². The quantitative estimate of drug-likeness (QED) is 0.806. The van der Waals surface area contributed by atoms with Gasteiger partial charge in [-0.3, -0.25) is 0 Å². The van der Waals surface area contributed by atoms with Crippen molar-refractivity contribution in [2.75, 3.05) is 5.75 Å². The molecule has 0 atom stereocenters. The molecule has 2 fully saturated rings. The van der Waals surface area contributed by atoms with E-state index in [-0.39, 0.29) is 0 Å². The number of hydrogen-bond acceptors (Lipinski definition) is 5. The summed E-state index contributed by atoms with van der Waals surface area (Å²) in [4.78, 5) is 0. The first-order valence-electron chi connectivity index (χ1n) is 7.21. The minimum Gasteiger partial charge on any atom is -0.389 e. The summed E-state index contributed by atoms with van der Waals surface area (Å²) >= 11 is 1.64. The Balaban J connectivity index is 1.67. The molecule has 5 nitrogen and oxygen atoms in total. The zero-order valence-corrected chi connectivity index (χ0v) is 12.0. The average molecular weight is 282 g/mol. The Morgan fingerprint density at radius 3 is 2.63 bits per heavy atom. The molecule has 3 rings (SSSR count). The fourth-order valence-corrected chi connectivity index (χ4v) is 3.98. The Morgan fingerprint density at radius 1 is 1.26 bits per heavy atom. The maximum Gasteiger partial charge on any atom is 0.191 e. The topological polar surface area (TPSA) is 77.0 Å². The van der Waals surface area contributed by atoms with E-state index in [0.717, 1.165) is 42.4 Å². The van der Waals surface area contributed by atoms with Crippen molar-refractivity contribution in [3.8, 4) is 0 Å². The molecule has 1 aromatic heterocycles. The number of nitrogens with zero attached hydrogens (tertiary/aromatic N) is 3. The van der Waals surface area contributed by atoms with Gasteiger partial charge in [0.15, 0.2) is 5.16 Å². The smallest absolute Gasteiger partial charge is 0.191 e. The minimum atomic E-state index is -0.508. The van der Waals surface area contributed by atoms with Crippen LogP contribution in [0.25, 0.3) is 0 Å². The first-order valence-corrected chi connectivity index (χ1v) is 8.19. The maximum absolute atomic E-state index is 10.5. The second-order valence-corrected chi connectivity index (χ2v) is 6.72. The average Bonchev–Trinajstić information content (AvgIpc) is 3.17. The van der Waals surface area contributed by atoms with Crippen LogP contribution in [0.4, 0.5) is 0 Å². The van der Waals surface area contributed by atoms with Gasteiger partial charge in [-0.05, 0) is 25.7 Å². The molecule has 0 saturated heterocycles. The van der Waals surface area contributed by atoms with E-state index in [1.807, 2.05) is 0 Å². The van der Waals surface area contributed by atoms with Crippen LogP contribution in [0.15, 0.2) is 5.16 Å². The van der Waals surface area contributed by atoms with Gasteiger partial charge < -0.3 is 15.4 Å². The van der Waals surface area contributed by atoms with E-state index in [2.05, 4.69) is 14.8 Å². The van der Waals surface area contributed by atoms with Crippen LogP contribution in [0.5, 0.6) is 0 Å². The van der Waals surface area contributed by atoms with E-state index in [9.17, 15) is 5.11 Å². The summed E-state index contributed by atoms with van der Waals surface area (Å²) in [6.45, 7) is 0.439. The Bertz CT molecular complexity index is 438. The summed E-state index contributed by atoms with van der Waals surface area (Å²) in [5.74, 6) is 1.60. The number of thioether (sulfide) groups is 1. The van der Waals surface area contributed by atoms with Gasteiger partial charge in [-0.15, -0.1) is 10.2 Å². The minimum absolute atomic E-state index is 0.439. The van der Waals surface area contributed by atoms with Crippen molar-refractivity contribution in [1.82, 2.24) is 14.8 Å². The van der Waals surface area contributed by atoms with Crippen molar-refractivity contribution in [2.45, 2.75) is 68.3 Å². The van der Waals surface area contributed by atoms with Gasteiger partial charge in [0.05, 0.1) is 12.1 Å². The molecular weight excluding hydrogens is 260 g/mol. The predicted molar refractivity (Wildman–Crippen MR) is 74.9 cm³/mol. The second kappa shape index (κ2) is 5.42. The molecule has 19 heavy (non-hydrogen) atoms. The molecule has 1 aromatic rings. The highest BCUT2D eigenvalue weighted by Crippen LogP contribution is 2.40. The predicted octanol–water partition coefficient (Wildman–Crippen LogP) is 1.86. The van der Waals surface area contributed by atoms with E-state index in [4.69, 9.17) is 5.73 Å². The molecule has 0 spiro atoms. The molecule has 2 aliphatic rings. The Labute approximate surface area is 118 Å². The largest absolute Gasteiger partial charge is 0.389 e. The molecule has 2 aliphatic carbocycles. The Kier molecular flexibility index (Phi) is 3.82. The third-order valence-corrected chi connectivity index (χ3v) is 5.30. The lowest BCUT2D eigenvalue weighted by molar-refractivity contribution is 0.0272. The molecule has 2 saturated carbocycles. The molecule has 6 heteroatoms. The zero-order valence-electron chi connectivity index (χ0n) is 11.2. The molecule has 0 radical (unpaired) electrons. The number of rotatable bonds is 5. The van der Waals surface area contributed by atoms with Crippen LogP contribution in [-0.2, 0) is 6.54 Å². The van der Waals surface area contributed by atoms with Crippen molar-refractivity contribution >= 4 is 11.8 Å². The zero-order chi connectivity index (χ0) is 13.3. The van der Waals surface area contributed by atoms with Crippen LogP contribution in [-0.4, -0.2) is 31.2 Å². The molecule has 0 aliphatic heterocycles. The molecule has 1 heterocycles. The fourth-order valence-electron chi connectivity index (χ4n) is 2.80. The number of hydrogen-bond donors (Lipinski definition) is 2. The van der Waals surface area contributed by atoms with Crippen molar-refractivity contribution in [2.24, 2.45) is 5.73 Å². The SMILES string of the molecule is NCc1nnc(SCC2(O)CCCCC2)n1C1CC1. The summed E-state index contributed by atoms with van der Waals surface area (Å²) < 4.78 is 2.18. The third kappa shape index (κ3) is 2.95. The highest BCUT2D eigenvalue weighted by Gasteiger charge is 2.32. The highest BCUT2D eigenvalue weighted by molar-refractivity contribution is 7.99. The van der Waals surface area contributed by atoms with Gasteiger partial charge in [0.25, 0.3) is 0 Å². The van der Waals surface area contributed by atoms with Crippen molar-refractivity contribution in [3.63, 3.8) is 0 Å². The van der Waals surface area contributed by atoms with Crippen molar-refractivity contribution < 1.29 is 5.11 Å². The molecule has 106 valence electrons. The van der Waals surface area contributed by atoms with Gasteiger partial charge in [-0.1, -0.05) is 31.0 Å². The molecule has 3 N–H and O–H groups in total. The fraction of sp³-hybridized carbons (Fsp3) is 0.846. The second-order valence-electron chi connectivity index (χ2n) is 5.78. The van der Waals surface area contributed by atoms with Crippen molar-refractivity contribution in [3.05, 3.63) is 5.82 Å². The number of aromatic nitrogens is 3. The van der Waals surface area contributed by atoms with Gasteiger partial charge in [0.2, 0.25) is 0 Å². The van der Waals surface area contributed by atoms with E-state index >= 15 is 0 Å². The summed E-state index contributed by atoms with van der Waals surface area (Å²) in [7, 11) is 0. The lowest BCUT2D eigenvalue weighted by Crippen LogP contribution is -2.34. The number of aliphatic hydroxyl groups is 1. The van der Waals surface area contributed by atoms with Crippen molar-refractivity contribution in [1.29, 1.82) is 0 Å². The highest BCUT2D eigenvalue weighted by atomic mass is 32.2. The van der Waals surface area contributed by atoms with Crippen LogP contribution in [0.2, 0.25) is 0 Å². The van der Waals surface area contributed by atoms with Crippen LogP contribution in [0.1, 0.15) is 56.8 Å².